The highest BCUT2D eigenvalue weighted by Crippen LogP contribution is 2.67. The number of rotatable bonds is 8. The quantitative estimate of drug-likeness (QED) is 0.141. The molecule has 0 N–H and O–H groups in total. The van der Waals surface area contributed by atoms with Gasteiger partial charge in [0, 0.05) is 5.41 Å². The monoisotopic (exact) mass is 567 g/mol. The average molecular weight is 567 g/mol. The Hall–Kier alpha value is -1.76. The number of ether oxygens (including phenoxy) is 1. The molecule has 204 valence electrons. The lowest BCUT2D eigenvalue weighted by Crippen LogP contribution is -2.59. The van der Waals surface area contributed by atoms with Crippen LogP contribution in [0.5, 0.6) is 0 Å². The molecule has 4 atom stereocenters. The van der Waals surface area contributed by atoms with Crippen molar-refractivity contribution < 1.29 is 71.1 Å². The summed E-state index contributed by atoms with van der Waals surface area (Å²) in [6.45, 7) is 2.78. The first-order chi connectivity index (χ1) is 15.3. The van der Waals surface area contributed by atoms with Crippen molar-refractivity contribution in [2.24, 2.45) is 21.1 Å². The summed E-state index contributed by atoms with van der Waals surface area (Å²) in [6.07, 6.45) is -8.83. The molecule has 0 radical (unpaired) electrons. The zero-order valence-electron chi connectivity index (χ0n) is 17.6. The minimum atomic E-state index is -6.96. The van der Waals surface area contributed by atoms with Gasteiger partial charge < -0.3 is 14.4 Å². The van der Waals surface area contributed by atoms with Gasteiger partial charge in [-0.2, -0.15) is 35.1 Å². The summed E-state index contributed by atoms with van der Waals surface area (Å²) < 4.78 is 167. The van der Waals surface area contributed by atoms with Gasteiger partial charge in [0.25, 0.3) is 15.5 Å². The van der Waals surface area contributed by atoms with Crippen molar-refractivity contribution in [3.8, 4) is 0 Å². The molecular formula is C16H17F8NO8S2-2. The van der Waals surface area contributed by atoms with Gasteiger partial charge in [-0.15, -0.1) is 0 Å². The number of nitrogens with zero attached hydrogens (tertiary/aromatic N) is 1. The maximum Gasteiger partial charge on any atom is 0.460 e. The average Bonchev–Trinajstić information content (AvgIpc) is 2.99. The molecule has 35 heavy (non-hydrogen) atoms. The van der Waals surface area contributed by atoms with E-state index in [2.05, 4.69) is 4.74 Å². The molecule has 0 spiro atoms. The Balaban J connectivity index is 2.44. The fourth-order valence-electron chi connectivity index (χ4n) is 4.67. The molecule has 19 heteroatoms. The molecule has 0 heterocycles. The summed E-state index contributed by atoms with van der Waals surface area (Å²) in [5, 5.41) is 11.5. The SMILES string of the molecule is CC1(C)C2CCC1(CS(=O)(=O)/N=C(\[O-])C(F)(F)C(F)(F)C(F)(F)F)C(OC(=O)C(F)S(=O)(=O)[O-])C2. The van der Waals surface area contributed by atoms with Gasteiger partial charge in [0.05, 0.1) is 11.7 Å². The van der Waals surface area contributed by atoms with E-state index in [1.807, 2.05) is 4.40 Å². The van der Waals surface area contributed by atoms with Gasteiger partial charge >= 0.3 is 24.0 Å². The molecule has 0 amide bonds. The van der Waals surface area contributed by atoms with E-state index in [9.17, 15) is 66.4 Å². The second-order valence-corrected chi connectivity index (χ2v) is 11.9. The standard InChI is InChI=1S/C16H19F8NO8S2/c1-12(2)7-3-4-13(12,8(5-7)33-10(26)9(17)35(30,31)32)6-34(28,29)25-11(27)14(18,19)15(20,21)16(22,23)24/h7-9H,3-6H2,1-2H3,(H,25,27)(H,30,31,32)/p-2. The second-order valence-electron chi connectivity index (χ2n) is 8.85. The van der Waals surface area contributed by atoms with Crippen LogP contribution >= 0.6 is 0 Å². The first-order valence-corrected chi connectivity index (χ1v) is 12.5. The topological polar surface area (TPSA) is 153 Å². The molecule has 2 aliphatic carbocycles. The molecule has 0 saturated heterocycles. The number of hydrogen-bond acceptors (Lipinski definition) is 8. The Morgan fingerprint density at radius 3 is 2.06 bits per heavy atom. The van der Waals surface area contributed by atoms with E-state index in [0.29, 0.717) is 0 Å². The van der Waals surface area contributed by atoms with E-state index in [1.165, 1.54) is 13.8 Å². The van der Waals surface area contributed by atoms with Crippen LogP contribution in [0.2, 0.25) is 0 Å². The maximum absolute atomic E-state index is 13.6. The highest BCUT2D eigenvalue weighted by atomic mass is 32.2. The van der Waals surface area contributed by atoms with E-state index >= 15 is 0 Å². The number of carbonyl (C=O) groups excluding carboxylic acids is 1. The molecule has 2 bridgehead atoms. The summed E-state index contributed by atoms with van der Waals surface area (Å²) >= 11 is 0. The van der Waals surface area contributed by atoms with Crippen molar-refractivity contribution in [3.05, 3.63) is 0 Å². The van der Waals surface area contributed by atoms with Gasteiger partial charge in [0.15, 0.2) is 0 Å². The second kappa shape index (κ2) is 8.39. The molecule has 0 aromatic carbocycles. The van der Waals surface area contributed by atoms with Gasteiger partial charge in [-0.05, 0) is 30.6 Å². The lowest BCUT2D eigenvalue weighted by molar-refractivity contribution is -0.357. The largest absolute Gasteiger partial charge is 0.857 e. The number of esters is 1. The molecule has 9 nitrogen and oxygen atoms in total. The van der Waals surface area contributed by atoms with Gasteiger partial charge in [-0.3, -0.25) is 0 Å². The lowest BCUT2D eigenvalue weighted by atomic mass is 9.69. The van der Waals surface area contributed by atoms with Crippen LogP contribution in [-0.4, -0.2) is 68.6 Å². The molecule has 0 aliphatic heterocycles. The van der Waals surface area contributed by atoms with Crippen LogP contribution in [0.15, 0.2) is 4.40 Å². The lowest BCUT2D eigenvalue weighted by Gasteiger charge is -2.41. The summed E-state index contributed by atoms with van der Waals surface area (Å²) in [7, 11) is -11.4. The van der Waals surface area contributed by atoms with Crippen LogP contribution in [0, 0.1) is 16.7 Å². The van der Waals surface area contributed by atoms with Crippen molar-refractivity contribution in [2.75, 3.05) is 5.75 Å². The Labute approximate surface area is 193 Å². The first kappa shape index (κ1) is 29.5. The van der Waals surface area contributed by atoms with Gasteiger partial charge in [0.1, 0.15) is 16.2 Å². The maximum atomic E-state index is 13.6. The normalized spacial score (nSPS) is 28.7. The summed E-state index contributed by atoms with van der Waals surface area (Å²) in [5.74, 6) is -21.3. The Morgan fingerprint density at radius 2 is 1.63 bits per heavy atom. The van der Waals surface area contributed by atoms with Crippen molar-refractivity contribution in [1.82, 2.24) is 0 Å². The van der Waals surface area contributed by atoms with E-state index in [0.717, 1.165) is 0 Å². The molecule has 0 aromatic rings. The van der Waals surface area contributed by atoms with E-state index in [1.54, 1.807) is 0 Å². The number of fused-ring (bicyclic) bond motifs is 2. The number of sulfonamides is 1. The predicted molar refractivity (Wildman–Crippen MR) is 95.2 cm³/mol. The predicted octanol–water partition coefficient (Wildman–Crippen LogP) is 1.49. The third-order valence-electron chi connectivity index (χ3n) is 6.74. The molecule has 2 saturated carbocycles. The van der Waals surface area contributed by atoms with Gasteiger partial charge in [0.2, 0.25) is 0 Å². The molecular weight excluding hydrogens is 550 g/mol. The molecule has 4 unspecified atom stereocenters. The number of hydrogen-bond donors (Lipinski definition) is 0. The Bertz CT molecular complexity index is 1120. The van der Waals surface area contributed by atoms with Gasteiger partial charge in [-0.25, -0.2) is 26.0 Å². The van der Waals surface area contributed by atoms with Crippen LogP contribution in [0.25, 0.3) is 0 Å². The molecule has 2 fully saturated rings. The van der Waals surface area contributed by atoms with Crippen LogP contribution < -0.4 is 5.11 Å². The van der Waals surface area contributed by atoms with Gasteiger partial charge in [-0.1, -0.05) is 13.8 Å². The summed E-state index contributed by atoms with van der Waals surface area (Å²) in [6, 6.07) is 0. The Morgan fingerprint density at radius 1 is 1.11 bits per heavy atom. The van der Waals surface area contributed by atoms with Crippen LogP contribution in [0.4, 0.5) is 35.1 Å². The van der Waals surface area contributed by atoms with Crippen LogP contribution in [-0.2, 0) is 29.7 Å². The fourth-order valence-corrected chi connectivity index (χ4v) is 6.75. The van der Waals surface area contributed by atoms with E-state index < -0.39 is 84.1 Å². The van der Waals surface area contributed by atoms with Crippen molar-refractivity contribution in [2.45, 2.75) is 62.7 Å². The highest BCUT2D eigenvalue weighted by molar-refractivity contribution is 7.90. The third kappa shape index (κ3) is 4.82. The molecule has 0 aromatic heterocycles. The van der Waals surface area contributed by atoms with Crippen molar-refractivity contribution in [1.29, 1.82) is 0 Å². The summed E-state index contributed by atoms with van der Waals surface area (Å²) in [4.78, 5) is 11.8. The van der Waals surface area contributed by atoms with E-state index in [4.69, 9.17) is 0 Å². The number of alkyl halides is 8. The number of carbonyl (C=O) groups is 1. The zero-order valence-corrected chi connectivity index (χ0v) is 19.2. The van der Waals surface area contributed by atoms with Crippen LogP contribution in [0.1, 0.15) is 33.1 Å². The smallest absolute Gasteiger partial charge is 0.460 e. The van der Waals surface area contributed by atoms with E-state index in [-0.39, 0.29) is 19.3 Å². The zero-order chi connectivity index (χ0) is 27.6. The minimum absolute atomic E-state index is 0.200. The molecule has 2 aliphatic rings. The number of halogens is 8. The Kier molecular flexibility index (Phi) is 7.06. The summed E-state index contributed by atoms with van der Waals surface area (Å²) in [5.41, 5.74) is -6.76. The minimum Gasteiger partial charge on any atom is -0.857 e. The fraction of sp³-hybridized carbons (Fsp3) is 0.875. The third-order valence-corrected chi connectivity index (χ3v) is 8.76. The first-order valence-electron chi connectivity index (χ1n) is 9.45. The van der Waals surface area contributed by atoms with Crippen molar-refractivity contribution in [3.63, 3.8) is 0 Å². The van der Waals surface area contributed by atoms with Crippen molar-refractivity contribution >= 4 is 32.0 Å². The highest BCUT2D eigenvalue weighted by Gasteiger charge is 2.73. The van der Waals surface area contributed by atoms with Crippen LogP contribution in [0.3, 0.4) is 0 Å². The molecule has 2 rings (SSSR count).